The maximum absolute atomic E-state index is 6.20. The molecule has 0 atom stereocenters. The van der Waals surface area contributed by atoms with Crippen LogP contribution in [0.2, 0.25) is 12.1 Å². The van der Waals surface area contributed by atoms with Crippen LogP contribution in [0.5, 0.6) is 0 Å². The third-order valence-corrected chi connectivity index (χ3v) is 13.0. The van der Waals surface area contributed by atoms with Crippen LogP contribution in [-0.4, -0.2) is 68.8 Å². The average Bonchev–Trinajstić information content (AvgIpc) is 2.86. The SMILES string of the molecule is CCCO[Si](CCCSSCCC[Si](OCCC)(OCCC)OCCC)(OCCC)OCCC. The van der Waals surface area contributed by atoms with E-state index in [1.54, 1.807) is 0 Å². The molecular weight excluding hydrogens is 505 g/mol. The van der Waals surface area contributed by atoms with Gasteiger partial charge in [0.1, 0.15) is 0 Å². The van der Waals surface area contributed by atoms with Crippen molar-refractivity contribution < 1.29 is 26.6 Å². The van der Waals surface area contributed by atoms with Crippen molar-refractivity contribution in [3.63, 3.8) is 0 Å². The highest BCUT2D eigenvalue weighted by molar-refractivity contribution is 8.76. The van der Waals surface area contributed by atoms with Gasteiger partial charge in [-0.3, -0.25) is 0 Å². The van der Waals surface area contributed by atoms with E-state index < -0.39 is 17.6 Å². The Bertz CT molecular complexity index is 357. The summed E-state index contributed by atoms with van der Waals surface area (Å²) in [5.41, 5.74) is 0. The van der Waals surface area contributed by atoms with Gasteiger partial charge in [-0.1, -0.05) is 63.1 Å². The van der Waals surface area contributed by atoms with E-state index in [1.165, 1.54) is 0 Å². The first kappa shape index (κ1) is 34.9. The van der Waals surface area contributed by atoms with Crippen LogP contribution < -0.4 is 0 Å². The lowest BCUT2D eigenvalue weighted by atomic mass is 10.5. The van der Waals surface area contributed by atoms with Gasteiger partial charge >= 0.3 is 17.6 Å². The second-order valence-corrected chi connectivity index (χ2v) is 16.5. The number of hydrogen-bond acceptors (Lipinski definition) is 8. The average molecular weight is 559 g/mol. The summed E-state index contributed by atoms with van der Waals surface area (Å²) < 4.78 is 37.2. The Hall–Kier alpha value is 0.894. The Balaban J connectivity index is 4.49. The maximum Gasteiger partial charge on any atom is 0.500 e. The zero-order valence-electron chi connectivity index (χ0n) is 23.0. The van der Waals surface area contributed by atoms with E-state index in [0.29, 0.717) is 39.6 Å². The Morgan fingerprint density at radius 1 is 0.412 bits per heavy atom. The summed E-state index contributed by atoms with van der Waals surface area (Å²) in [4.78, 5) is 0. The molecule has 0 rings (SSSR count). The monoisotopic (exact) mass is 558 g/mol. The molecule has 0 fully saturated rings. The molecule has 0 radical (unpaired) electrons. The lowest BCUT2D eigenvalue weighted by molar-refractivity contribution is 0.0585. The van der Waals surface area contributed by atoms with E-state index in [9.17, 15) is 0 Å². The molecular formula is C24H54O6S2Si2. The predicted octanol–water partition coefficient (Wildman–Crippen LogP) is 7.59. The summed E-state index contributed by atoms with van der Waals surface area (Å²) in [6.45, 7) is 17.1. The molecule has 0 spiro atoms. The Morgan fingerprint density at radius 3 is 0.853 bits per heavy atom. The normalized spacial score (nSPS) is 12.5. The van der Waals surface area contributed by atoms with E-state index in [1.807, 2.05) is 21.6 Å². The third kappa shape index (κ3) is 17.4. The van der Waals surface area contributed by atoms with Crippen molar-refractivity contribution in [1.82, 2.24) is 0 Å². The zero-order valence-corrected chi connectivity index (χ0v) is 26.6. The molecule has 0 aliphatic carbocycles. The van der Waals surface area contributed by atoms with Gasteiger partial charge in [0.2, 0.25) is 0 Å². The van der Waals surface area contributed by atoms with Crippen LogP contribution >= 0.6 is 21.6 Å². The van der Waals surface area contributed by atoms with Crippen LogP contribution in [0.25, 0.3) is 0 Å². The van der Waals surface area contributed by atoms with E-state index in [4.69, 9.17) is 26.6 Å². The smallest absolute Gasteiger partial charge is 0.373 e. The highest BCUT2D eigenvalue weighted by Gasteiger charge is 2.41. The quantitative estimate of drug-likeness (QED) is 0.0581. The zero-order chi connectivity index (χ0) is 25.4. The second-order valence-electron chi connectivity index (χ2n) is 8.31. The van der Waals surface area contributed by atoms with Crippen LogP contribution in [0.1, 0.15) is 92.9 Å². The number of hydrogen-bond donors (Lipinski definition) is 0. The van der Waals surface area contributed by atoms with Gasteiger partial charge in [0.25, 0.3) is 0 Å². The molecule has 0 saturated heterocycles. The highest BCUT2D eigenvalue weighted by atomic mass is 33.1. The predicted molar refractivity (Wildman–Crippen MR) is 153 cm³/mol. The maximum atomic E-state index is 6.20. The van der Waals surface area contributed by atoms with Crippen molar-refractivity contribution in [1.29, 1.82) is 0 Å². The third-order valence-electron chi connectivity index (χ3n) is 4.66. The summed E-state index contributed by atoms with van der Waals surface area (Å²) in [5, 5.41) is 0. The van der Waals surface area contributed by atoms with Crippen molar-refractivity contribution in [2.45, 2.75) is 105 Å². The molecule has 206 valence electrons. The standard InChI is InChI=1S/C24H54O6S2Si2/c1-7-15-25-33(26-16-8-2,27-17-9-3)23-13-21-31-32-22-14-24-34(28-18-10-4,29-19-11-5)30-20-12-6/h7-24H2,1-6H3. The Labute approximate surface area is 221 Å². The second kappa shape index (κ2) is 24.2. The molecule has 0 N–H and O–H groups in total. The molecule has 0 aliphatic heterocycles. The van der Waals surface area contributed by atoms with Gasteiger partial charge in [-0.2, -0.15) is 0 Å². The summed E-state index contributed by atoms with van der Waals surface area (Å²) in [6, 6.07) is 1.80. The van der Waals surface area contributed by atoms with E-state index in [2.05, 4.69) is 41.5 Å². The molecule has 0 unspecified atom stereocenters. The largest absolute Gasteiger partial charge is 0.500 e. The van der Waals surface area contributed by atoms with E-state index in [0.717, 1.165) is 75.0 Å². The molecule has 10 heteroatoms. The van der Waals surface area contributed by atoms with E-state index in [-0.39, 0.29) is 0 Å². The van der Waals surface area contributed by atoms with Crippen molar-refractivity contribution in [3.05, 3.63) is 0 Å². The van der Waals surface area contributed by atoms with Crippen LogP contribution in [-0.2, 0) is 26.6 Å². The Kier molecular flexibility index (Phi) is 24.9. The minimum absolute atomic E-state index is 0.716. The van der Waals surface area contributed by atoms with Crippen molar-refractivity contribution in [3.8, 4) is 0 Å². The van der Waals surface area contributed by atoms with Crippen LogP contribution in [0.15, 0.2) is 0 Å². The molecule has 0 aromatic rings. The molecule has 6 nitrogen and oxygen atoms in total. The molecule has 0 heterocycles. The van der Waals surface area contributed by atoms with Crippen molar-refractivity contribution in [2.75, 3.05) is 51.1 Å². The summed E-state index contributed by atoms with van der Waals surface area (Å²) in [7, 11) is -1.26. The topological polar surface area (TPSA) is 55.4 Å². The summed E-state index contributed by atoms with van der Waals surface area (Å²) in [6.07, 6.45) is 8.03. The van der Waals surface area contributed by atoms with Gasteiger partial charge in [0.15, 0.2) is 0 Å². The fourth-order valence-corrected chi connectivity index (χ4v) is 11.4. The Morgan fingerprint density at radius 2 is 0.647 bits per heavy atom. The fourth-order valence-electron chi connectivity index (χ4n) is 3.04. The van der Waals surface area contributed by atoms with Crippen LogP contribution in [0, 0.1) is 0 Å². The van der Waals surface area contributed by atoms with Crippen molar-refractivity contribution >= 4 is 39.2 Å². The molecule has 0 aliphatic rings. The fraction of sp³-hybridized carbons (Fsp3) is 1.00. The number of rotatable bonds is 27. The summed E-state index contributed by atoms with van der Waals surface area (Å²) in [5.74, 6) is 2.15. The molecule has 0 aromatic carbocycles. The van der Waals surface area contributed by atoms with Crippen molar-refractivity contribution in [2.24, 2.45) is 0 Å². The lowest BCUT2D eigenvalue weighted by Crippen LogP contribution is -2.46. The molecule has 34 heavy (non-hydrogen) atoms. The molecule has 0 aromatic heterocycles. The molecule has 0 saturated carbocycles. The van der Waals surface area contributed by atoms with Crippen LogP contribution in [0.4, 0.5) is 0 Å². The first-order chi connectivity index (χ1) is 16.6. The van der Waals surface area contributed by atoms with Gasteiger partial charge in [-0.15, -0.1) is 0 Å². The minimum atomic E-state index is -2.56. The lowest BCUT2D eigenvalue weighted by Gasteiger charge is -2.30. The molecule has 0 bridgehead atoms. The first-order valence-corrected chi connectivity index (χ1v) is 20.0. The first-order valence-electron chi connectivity index (χ1n) is 13.7. The molecule has 0 amide bonds. The highest BCUT2D eigenvalue weighted by Crippen LogP contribution is 2.29. The van der Waals surface area contributed by atoms with E-state index >= 15 is 0 Å². The minimum Gasteiger partial charge on any atom is -0.373 e. The van der Waals surface area contributed by atoms with Gasteiger partial charge in [-0.25, -0.2) is 0 Å². The van der Waals surface area contributed by atoms with Gasteiger partial charge in [0.05, 0.1) is 0 Å². The van der Waals surface area contributed by atoms with Gasteiger partial charge < -0.3 is 26.6 Å². The summed E-state index contributed by atoms with van der Waals surface area (Å²) >= 11 is 0. The van der Waals surface area contributed by atoms with Gasteiger partial charge in [-0.05, 0) is 51.4 Å². The van der Waals surface area contributed by atoms with Crippen LogP contribution in [0.3, 0.4) is 0 Å². The van der Waals surface area contributed by atoms with Gasteiger partial charge in [0, 0.05) is 63.2 Å².